The Morgan fingerprint density at radius 3 is 1.27 bits per heavy atom. The number of unbranched alkanes of at least 4 members (excludes halogenated alkanes) is 29. The van der Waals surface area contributed by atoms with Gasteiger partial charge in [-0.25, -0.2) is 0 Å². The van der Waals surface area contributed by atoms with Gasteiger partial charge in [0.2, 0.25) is 5.91 Å². The van der Waals surface area contributed by atoms with Crippen molar-refractivity contribution in [2.24, 2.45) is 0 Å². The van der Waals surface area contributed by atoms with Crippen molar-refractivity contribution in [3.8, 4) is 0 Å². The predicted octanol–water partition coefficient (Wildman–Crippen LogP) is 12.1. The average Bonchev–Trinajstić information content (AvgIpc) is 3.36. The number of amides is 1. The third-order valence-electron chi connectivity index (χ3n) is 13.8. The molecule has 0 saturated carbocycles. The van der Waals surface area contributed by atoms with Gasteiger partial charge in [-0.2, -0.15) is 0 Å². The van der Waals surface area contributed by atoms with Gasteiger partial charge in [0.1, 0.15) is 36.6 Å². The molecule has 0 aromatic rings. The zero-order valence-corrected chi connectivity index (χ0v) is 44.7. The summed E-state index contributed by atoms with van der Waals surface area (Å²) < 4.78 is 11.1. The van der Waals surface area contributed by atoms with Crippen LogP contribution in [0.4, 0.5) is 0 Å². The SMILES string of the molecule is CCCCCCCCCCC/C=C/CC/C=C/CC/C=C/CCCC(O)C(O)C(COC1OC(CO)C(O)C(O)C1O)NC(=O)C(O)CCCCCCCC/C=C\CCCCCCCCCCCCC. The van der Waals surface area contributed by atoms with E-state index in [9.17, 15) is 40.5 Å². The minimum Gasteiger partial charge on any atom is -0.394 e. The zero-order valence-electron chi connectivity index (χ0n) is 44.7. The molecule has 0 spiro atoms. The Kier molecular flexibility index (Phi) is 45.3. The molecule has 1 fully saturated rings. The van der Waals surface area contributed by atoms with E-state index in [1.165, 1.54) is 141 Å². The van der Waals surface area contributed by atoms with Crippen molar-refractivity contribution in [1.29, 1.82) is 0 Å². The molecule has 1 saturated heterocycles. The van der Waals surface area contributed by atoms with Gasteiger partial charge < -0.3 is 50.5 Å². The molecule has 70 heavy (non-hydrogen) atoms. The molecule has 0 aromatic heterocycles. The molecule has 0 aliphatic carbocycles. The number of hydrogen-bond donors (Lipinski definition) is 8. The van der Waals surface area contributed by atoms with Crippen molar-refractivity contribution in [2.45, 2.75) is 306 Å². The van der Waals surface area contributed by atoms with E-state index in [-0.39, 0.29) is 12.8 Å². The van der Waals surface area contributed by atoms with Crippen LogP contribution in [-0.4, -0.2) is 110 Å². The minimum absolute atomic E-state index is 0.239. The number of carbonyl (C=O) groups is 1. The second-order valence-electron chi connectivity index (χ2n) is 20.3. The Morgan fingerprint density at radius 2 is 0.857 bits per heavy atom. The van der Waals surface area contributed by atoms with Crippen LogP contribution in [0.15, 0.2) is 48.6 Å². The standard InChI is InChI=1S/C59H109NO10/c1-3-5-7-9-11-13-15-17-19-21-23-25-27-28-30-32-34-36-38-40-42-44-46-51(62)54(64)50(49-69-59-57(67)56(66)55(65)53(48-61)70-59)60-58(68)52(63)47-45-43-41-39-37-35-33-31-29-26-24-22-20-18-16-14-12-10-8-6-4-2/h23,25,29-32,38,40,50-57,59,61-67H,3-22,24,26-28,33-37,39,41-49H2,1-2H3,(H,60,68)/b25-23+,31-29-,32-30+,40-38+. The van der Waals surface area contributed by atoms with Crippen molar-refractivity contribution < 1.29 is 50.0 Å². The number of nitrogens with one attached hydrogen (secondary N) is 1. The molecule has 1 heterocycles. The van der Waals surface area contributed by atoms with Crippen molar-refractivity contribution >= 4 is 5.91 Å². The Balaban J connectivity index is 2.37. The van der Waals surface area contributed by atoms with E-state index in [0.717, 1.165) is 64.2 Å². The zero-order chi connectivity index (χ0) is 51.1. The molecule has 0 aromatic carbocycles. The van der Waals surface area contributed by atoms with E-state index in [1.54, 1.807) is 0 Å². The van der Waals surface area contributed by atoms with Gasteiger partial charge in [-0.05, 0) is 89.9 Å². The van der Waals surface area contributed by atoms with E-state index < -0.39 is 74.2 Å². The maximum atomic E-state index is 13.2. The highest BCUT2D eigenvalue weighted by Crippen LogP contribution is 2.23. The normalized spacial score (nSPS) is 20.6. The van der Waals surface area contributed by atoms with E-state index in [0.29, 0.717) is 19.3 Å². The molecular formula is C59H109NO10. The maximum Gasteiger partial charge on any atom is 0.249 e. The molecule has 0 radical (unpaired) electrons. The Labute approximate surface area is 428 Å². The number of rotatable bonds is 49. The summed E-state index contributed by atoms with van der Waals surface area (Å²) in [5, 5.41) is 76.1. The first kappa shape index (κ1) is 66.1. The third kappa shape index (κ3) is 36.1. The fraction of sp³-hybridized carbons (Fsp3) is 0.847. The van der Waals surface area contributed by atoms with Gasteiger partial charge in [0.25, 0.3) is 0 Å². The number of hydrogen-bond acceptors (Lipinski definition) is 10. The highest BCUT2D eigenvalue weighted by Gasteiger charge is 2.44. The lowest BCUT2D eigenvalue weighted by molar-refractivity contribution is -0.303. The molecule has 11 nitrogen and oxygen atoms in total. The summed E-state index contributed by atoms with van der Waals surface area (Å²) in [5.41, 5.74) is 0. The lowest BCUT2D eigenvalue weighted by Crippen LogP contribution is -2.60. The molecule has 11 heteroatoms. The van der Waals surface area contributed by atoms with E-state index in [4.69, 9.17) is 9.47 Å². The molecule has 1 amide bonds. The highest BCUT2D eigenvalue weighted by atomic mass is 16.7. The van der Waals surface area contributed by atoms with Crippen LogP contribution in [0, 0.1) is 0 Å². The van der Waals surface area contributed by atoms with Gasteiger partial charge in [-0.1, -0.05) is 210 Å². The summed E-state index contributed by atoms with van der Waals surface area (Å²) >= 11 is 0. The maximum absolute atomic E-state index is 13.2. The Hall–Kier alpha value is -1.93. The fourth-order valence-corrected chi connectivity index (χ4v) is 9.06. The van der Waals surface area contributed by atoms with Crippen molar-refractivity contribution in [3.05, 3.63) is 48.6 Å². The van der Waals surface area contributed by atoms with E-state index in [2.05, 4.69) is 67.8 Å². The third-order valence-corrected chi connectivity index (χ3v) is 13.8. The molecule has 410 valence electrons. The van der Waals surface area contributed by atoms with Gasteiger partial charge in [0, 0.05) is 0 Å². The first-order valence-electron chi connectivity index (χ1n) is 29.0. The lowest BCUT2D eigenvalue weighted by atomic mass is 9.98. The van der Waals surface area contributed by atoms with Crippen LogP contribution in [0.5, 0.6) is 0 Å². The summed E-state index contributed by atoms with van der Waals surface area (Å²) in [6.07, 6.45) is 48.8. The van der Waals surface area contributed by atoms with E-state index in [1.807, 2.05) is 0 Å². The van der Waals surface area contributed by atoms with Crippen LogP contribution in [0.25, 0.3) is 0 Å². The largest absolute Gasteiger partial charge is 0.394 e. The molecule has 0 bridgehead atoms. The molecule has 8 N–H and O–H groups in total. The molecule has 1 aliphatic heterocycles. The number of carbonyl (C=O) groups excluding carboxylic acids is 1. The van der Waals surface area contributed by atoms with Gasteiger partial charge in [0.15, 0.2) is 6.29 Å². The van der Waals surface area contributed by atoms with E-state index >= 15 is 0 Å². The van der Waals surface area contributed by atoms with Crippen LogP contribution in [0.1, 0.15) is 251 Å². The van der Waals surface area contributed by atoms with Gasteiger partial charge in [0.05, 0.1) is 25.4 Å². The van der Waals surface area contributed by atoms with Crippen LogP contribution >= 0.6 is 0 Å². The summed E-state index contributed by atoms with van der Waals surface area (Å²) in [5.74, 6) is -0.716. The number of ether oxygens (including phenoxy) is 2. The first-order chi connectivity index (χ1) is 34.2. The summed E-state index contributed by atoms with van der Waals surface area (Å²) in [7, 11) is 0. The molecule has 9 unspecified atom stereocenters. The monoisotopic (exact) mass is 992 g/mol. The minimum atomic E-state index is -1.68. The smallest absolute Gasteiger partial charge is 0.249 e. The van der Waals surface area contributed by atoms with Crippen LogP contribution < -0.4 is 5.32 Å². The second kappa shape index (κ2) is 48.0. The fourth-order valence-electron chi connectivity index (χ4n) is 9.06. The number of allylic oxidation sites excluding steroid dienone is 8. The molecule has 9 atom stereocenters. The van der Waals surface area contributed by atoms with Crippen LogP contribution in [-0.2, 0) is 14.3 Å². The second-order valence-corrected chi connectivity index (χ2v) is 20.3. The molecule has 1 aliphatic rings. The van der Waals surface area contributed by atoms with Crippen LogP contribution in [0.3, 0.4) is 0 Å². The highest BCUT2D eigenvalue weighted by molar-refractivity contribution is 5.80. The first-order valence-corrected chi connectivity index (χ1v) is 29.0. The predicted molar refractivity (Wildman–Crippen MR) is 288 cm³/mol. The average molecular weight is 993 g/mol. The number of aliphatic hydroxyl groups is 7. The van der Waals surface area contributed by atoms with Crippen LogP contribution in [0.2, 0.25) is 0 Å². The van der Waals surface area contributed by atoms with Crippen molar-refractivity contribution in [2.75, 3.05) is 13.2 Å². The molecular weight excluding hydrogens is 883 g/mol. The van der Waals surface area contributed by atoms with Gasteiger partial charge in [-0.3, -0.25) is 4.79 Å². The molecule has 1 rings (SSSR count). The summed E-state index contributed by atoms with van der Waals surface area (Å²) in [6, 6.07) is -1.20. The topological polar surface area (TPSA) is 189 Å². The quantitative estimate of drug-likeness (QED) is 0.0215. The lowest BCUT2D eigenvalue weighted by Gasteiger charge is -2.40. The Morgan fingerprint density at radius 1 is 0.486 bits per heavy atom. The van der Waals surface area contributed by atoms with Gasteiger partial charge in [-0.15, -0.1) is 0 Å². The summed E-state index contributed by atoms with van der Waals surface area (Å²) in [4.78, 5) is 13.2. The summed E-state index contributed by atoms with van der Waals surface area (Å²) in [6.45, 7) is 3.45. The Bertz CT molecular complexity index is 1280. The van der Waals surface area contributed by atoms with Crippen molar-refractivity contribution in [1.82, 2.24) is 5.32 Å². The van der Waals surface area contributed by atoms with Crippen molar-refractivity contribution in [3.63, 3.8) is 0 Å². The van der Waals surface area contributed by atoms with Gasteiger partial charge >= 0.3 is 0 Å². The number of aliphatic hydroxyl groups excluding tert-OH is 7.